The van der Waals surface area contributed by atoms with Crippen LogP contribution < -0.4 is 5.32 Å². The average Bonchev–Trinajstić information content (AvgIpc) is 2.82. The number of anilines is 1. The highest BCUT2D eigenvalue weighted by atomic mass is 16.4. The van der Waals surface area contributed by atoms with Crippen molar-refractivity contribution in [3.8, 4) is 0 Å². The number of aliphatic carboxylic acids is 1. The Labute approximate surface area is 118 Å². The first-order valence-corrected chi connectivity index (χ1v) is 6.81. The lowest BCUT2D eigenvalue weighted by atomic mass is 10.1. The van der Waals surface area contributed by atoms with Crippen LogP contribution in [0.4, 0.5) is 5.69 Å². The van der Waals surface area contributed by atoms with Gasteiger partial charge in [-0.3, -0.25) is 14.5 Å². The molecule has 1 atom stereocenters. The number of nitrogens with one attached hydrogen (secondary N) is 1. The zero-order chi connectivity index (χ0) is 14.7. The lowest BCUT2D eigenvalue weighted by Crippen LogP contribution is -2.40. The smallest absolute Gasteiger partial charge is 0.320 e. The molecule has 2 N–H and O–H groups in total. The van der Waals surface area contributed by atoms with Gasteiger partial charge in [-0.05, 0) is 56.5 Å². The van der Waals surface area contributed by atoms with Crippen LogP contribution in [-0.2, 0) is 9.59 Å². The van der Waals surface area contributed by atoms with Gasteiger partial charge in [0.1, 0.15) is 6.04 Å². The van der Waals surface area contributed by atoms with E-state index in [2.05, 4.69) is 5.32 Å². The van der Waals surface area contributed by atoms with E-state index in [1.54, 1.807) is 4.90 Å². The fourth-order valence-electron chi connectivity index (χ4n) is 2.50. The van der Waals surface area contributed by atoms with Crippen LogP contribution in [0.1, 0.15) is 24.0 Å². The van der Waals surface area contributed by atoms with Crippen LogP contribution in [0.2, 0.25) is 0 Å². The first-order chi connectivity index (χ1) is 9.47. The molecule has 1 aromatic carbocycles. The molecule has 20 heavy (non-hydrogen) atoms. The molecule has 1 aliphatic heterocycles. The first-order valence-electron chi connectivity index (χ1n) is 6.81. The number of carboxylic acid groups (broad SMARTS) is 1. The van der Waals surface area contributed by atoms with Gasteiger partial charge in [-0.1, -0.05) is 6.07 Å². The van der Waals surface area contributed by atoms with Crippen LogP contribution >= 0.6 is 0 Å². The van der Waals surface area contributed by atoms with Crippen molar-refractivity contribution in [3.63, 3.8) is 0 Å². The number of hydrogen-bond acceptors (Lipinski definition) is 3. The van der Waals surface area contributed by atoms with Crippen molar-refractivity contribution in [2.75, 3.05) is 18.4 Å². The predicted octanol–water partition coefficient (Wildman–Crippen LogP) is 1.79. The number of aryl methyl sites for hydroxylation is 2. The Morgan fingerprint density at radius 1 is 1.35 bits per heavy atom. The number of rotatable bonds is 4. The average molecular weight is 276 g/mol. The van der Waals surface area contributed by atoms with Crippen LogP contribution in [0.15, 0.2) is 18.2 Å². The van der Waals surface area contributed by atoms with Crippen molar-refractivity contribution >= 4 is 17.6 Å². The molecule has 0 aromatic heterocycles. The largest absolute Gasteiger partial charge is 0.480 e. The summed E-state index contributed by atoms with van der Waals surface area (Å²) in [6, 6.07) is 5.21. The monoisotopic (exact) mass is 276 g/mol. The van der Waals surface area contributed by atoms with Gasteiger partial charge in [0, 0.05) is 5.69 Å². The first kappa shape index (κ1) is 14.5. The Bertz CT molecular complexity index is 528. The number of benzene rings is 1. The summed E-state index contributed by atoms with van der Waals surface area (Å²) in [7, 11) is 0. The summed E-state index contributed by atoms with van der Waals surface area (Å²) in [6.45, 7) is 4.80. The maximum absolute atomic E-state index is 12.0. The molecule has 1 fully saturated rings. The molecule has 0 saturated carbocycles. The van der Waals surface area contributed by atoms with E-state index >= 15 is 0 Å². The highest BCUT2D eigenvalue weighted by molar-refractivity contribution is 5.92. The number of carbonyl (C=O) groups is 2. The molecule has 0 bridgehead atoms. The van der Waals surface area contributed by atoms with E-state index in [1.807, 2.05) is 32.0 Å². The SMILES string of the molecule is Cc1ccc(NC(=O)CN2CCCC2C(=O)O)cc1C. The molecule has 0 radical (unpaired) electrons. The Morgan fingerprint density at radius 3 is 2.75 bits per heavy atom. The molecule has 1 heterocycles. The van der Waals surface area contributed by atoms with Gasteiger partial charge in [0.25, 0.3) is 0 Å². The molecule has 1 amide bonds. The van der Waals surface area contributed by atoms with E-state index in [-0.39, 0.29) is 12.5 Å². The molecule has 108 valence electrons. The molecule has 5 heteroatoms. The maximum atomic E-state index is 12.0. The zero-order valence-electron chi connectivity index (χ0n) is 11.8. The third-order valence-corrected chi connectivity index (χ3v) is 3.79. The Hall–Kier alpha value is -1.88. The van der Waals surface area contributed by atoms with Gasteiger partial charge in [0.2, 0.25) is 5.91 Å². The fraction of sp³-hybridized carbons (Fsp3) is 0.467. The summed E-state index contributed by atoms with van der Waals surface area (Å²) in [5.41, 5.74) is 3.05. The number of likely N-dealkylation sites (tertiary alicyclic amines) is 1. The van der Waals surface area contributed by atoms with Crippen molar-refractivity contribution in [2.24, 2.45) is 0 Å². The molecule has 2 rings (SSSR count). The van der Waals surface area contributed by atoms with Gasteiger partial charge in [0.15, 0.2) is 0 Å². The van der Waals surface area contributed by atoms with Crippen LogP contribution in [0, 0.1) is 13.8 Å². The van der Waals surface area contributed by atoms with E-state index in [1.165, 1.54) is 5.56 Å². The second-order valence-electron chi connectivity index (χ2n) is 5.31. The molecule has 1 saturated heterocycles. The summed E-state index contributed by atoms with van der Waals surface area (Å²) < 4.78 is 0. The van der Waals surface area contributed by atoms with Gasteiger partial charge in [-0.15, -0.1) is 0 Å². The van der Waals surface area contributed by atoms with Crippen molar-refractivity contribution in [1.29, 1.82) is 0 Å². The molecule has 1 aromatic rings. The van der Waals surface area contributed by atoms with Crippen molar-refractivity contribution in [3.05, 3.63) is 29.3 Å². The van der Waals surface area contributed by atoms with Gasteiger partial charge in [-0.25, -0.2) is 0 Å². The zero-order valence-corrected chi connectivity index (χ0v) is 11.8. The normalized spacial score (nSPS) is 19.0. The minimum Gasteiger partial charge on any atom is -0.480 e. The van der Waals surface area contributed by atoms with Gasteiger partial charge in [0.05, 0.1) is 6.54 Å². The van der Waals surface area contributed by atoms with E-state index in [0.29, 0.717) is 13.0 Å². The number of amides is 1. The van der Waals surface area contributed by atoms with E-state index in [4.69, 9.17) is 5.11 Å². The number of carbonyl (C=O) groups excluding carboxylic acids is 1. The van der Waals surface area contributed by atoms with Gasteiger partial charge < -0.3 is 10.4 Å². The summed E-state index contributed by atoms with van der Waals surface area (Å²) in [5.74, 6) is -1.01. The maximum Gasteiger partial charge on any atom is 0.320 e. The third kappa shape index (κ3) is 3.36. The molecule has 0 aliphatic carbocycles. The quantitative estimate of drug-likeness (QED) is 0.879. The Balaban J connectivity index is 1.95. The molecule has 1 aliphatic rings. The minimum atomic E-state index is -0.846. The highest BCUT2D eigenvalue weighted by Crippen LogP contribution is 2.18. The second-order valence-corrected chi connectivity index (χ2v) is 5.31. The van der Waals surface area contributed by atoms with Gasteiger partial charge in [-0.2, -0.15) is 0 Å². The molecule has 1 unspecified atom stereocenters. The number of hydrogen-bond donors (Lipinski definition) is 2. The van der Waals surface area contributed by atoms with Crippen LogP contribution in [0.25, 0.3) is 0 Å². The Morgan fingerprint density at radius 2 is 2.10 bits per heavy atom. The number of carboxylic acids is 1. The topological polar surface area (TPSA) is 69.6 Å². The summed E-state index contributed by atoms with van der Waals surface area (Å²) in [4.78, 5) is 24.8. The lowest BCUT2D eigenvalue weighted by molar-refractivity contribution is -0.142. The van der Waals surface area contributed by atoms with Crippen LogP contribution in [0.3, 0.4) is 0 Å². The standard InChI is InChI=1S/C15H20N2O3/c1-10-5-6-12(8-11(10)2)16-14(18)9-17-7-3-4-13(17)15(19)20/h5-6,8,13H,3-4,7,9H2,1-2H3,(H,16,18)(H,19,20). The third-order valence-electron chi connectivity index (χ3n) is 3.79. The summed E-state index contributed by atoms with van der Waals surface area (Å²) >= 11 is 0. The van der Waals surface area contributed by atoms with Gasteiger partial charge >= 0.3 is 5.97 Å². The molecular weight excluding hydrogens is 256 g/mol. The van der Waals surface area contributed by atoms with E-state index in [0.717, 1.165) is 17.7 Å². The minimum absolute atomic E-state index is 0.129. The molecule has 5 nitrogen and oxygen atoms in total. The fourth-order valence-corrected chi connectivity index (χ4v) is 2.50. The highest BCUT2D eigenvalue weighted by Gasteiger charge is 2.31. The van der Waals surface area contributed by atoms with E-state index < -0.39 is 12.0 Å². The summed E-state index contributed by atoms with van der Waals surface area (Å²) in [6.07, 6.45) is 1.44. The van der Waals surface area contributed by atoms with Crippen LogP contribution in [-0.4, -0.2) is 41.0 Å². The number of nitrogens with zero attached hydrogens (tertiary/aromatic N) is 1. The molecule has 0 spiro atoms. The van der Waals surface area contributed by atoms with Crippen LogP contribution in [0.5, 0.6) is 0 Å². The van der Waals surface area contributed by atoms with Crippen molar-refractivity contribution < 1.29 is 14.7 Å². The lowest BCUT2D eigenvalue weighted by Gasteiger charge is -2.20. The van der Waals surface area contributed by atoms with Crippen molar-refractivity contribution in [1.82, 2.24) is 4.90 Å². The molecular formula is C15H20N2O3. The second kappa shape index (κ2) is 6.05. The predicted molar refractivity (Wildman–Crippen MR) is 76.8 cm³/mol. The summed E-state index contributed by atoms with van der Waals surface area (Å²) in [5, 5.41) is 11.9. The van der Waals surface area contributed by atoms with Crippen molar-refractivity contribution in [2.45, 2.75) is 32.7 Å². The Kier molecular flexibility index (Phi) is 4.39. The van der Waals surface area contributed by atoms with E-state index in [9.17, 15) is 9.59 Å².